The summed E-state index contributed by atoms with van der Waals surface area (Å²) >= 11 is 5.99. The molecule has 3 heterocycles. The standard InChI is InChI=1S/C35H34N4OS/c1-22-9-13-29(14-10-22)40-30-15-11-27(12-16-30)39-34(33(37-35(39)41)32-8-6-7-17-36-32)31-21-25(4)38(26(31)5)28-19-23(2)18-24(3)20-28/h6-21,33-34H,1-5H3,(H,37,41)/t33-,34+/m0/s1. The monoisotopic (exact) mass is 558 g/mol. The lowest BCUT2D eigenvalue weighted by atomic mass is 9.96. The molecule has 0 saturated carbocycles. The summed E-state index contributed by atoms with van der Waals surface area (Å²) in [5.41, 5.74) is 10.4. The molecule has 3 aromatic carbocycles. The van der Waals surface area contributed by atoms with Crippen LogP contribution in [0.15, 0.2) is 97.2 Å². The number of nitrogens with one attached hydrogen (secondary N) is 1. The van der Waals surface area contributed by atoms with Crippen molar-refractivity contribution < 1.29 is 4.74 Å². The van der Waals surface area contributed by atoms with Gasteiger partial charge in [-0.2, -0.15) is 0 Å². The van der Waals surface area contributed by atoms with Gasteiger partial charge in [-0.25, -0.2) is 0 Å². The smallest absolute Gasteiger partial charge is 0.174 e. The number of aryl methyl sites for hydroxylation is 4. The Bertz CT molecular complexity index is 1690. The van der Waals surface area contributed by atoms with Crippen LogP contribution in [0.2, 0.25) is 0 Å². The minimum atomic E-state index is -0.111. The topological polar surface area (TPSA) is 42.3 Å². The Kier molecular flexibility index (Phi) is 7.10. The van der Waals surface area contributed by atoms with Crippen molar-refractivity contribution in [1.29, 1.82) is 0 Å². The van der Waals surface area contributed by atoms with Gasteiger partial charge in [-0.15, -0.1) is 0 Å². The lowest BCUT2D eigenvalue weighted by Gasteiger charge is -2.28. The number of ether oxygens (including phenoxy) is 1. The van der Waals surface area contributed by atoms with Crippen LogP contribution < -0.4 is 15.0 Å². The molecule has 1 aliphatic rings. The van der Waals surface area contributed by atoms with Crippen LogP contribution in [0, 0.1) is 34.6 Å². The van der Waals surface area contributed by atoms with Crippen molar-refractivity contribution in [2.24, 2.45) is 0 Å². The summed E-state index contributed by atoms with van der Waals surface area (Å²) < 4.78 is 8.46. The Morgan fingerprint density at radius 3 is 2.02 bits per heavy atom. The predicted molar refractivity (Wildman–Crippen MR) is 170 cm³/mol. The van der Waals surface area contributed by atoms with Gasteiger partial charge < -0.3 is 19.5 Å². The van der Waals surface area contributed by atoms with Crippen molar-refractivity contribution in [2.75, 3.05) is 4.90 Å². The summed E-state index contributed by atoms with van der Waals surface area (Å²) in [6.07, 6.45) is 1.84. The number of thiocarbonyl (C=S) groups is 1. The van der Waals surface area contributed by atoms with E-state index in [1.165, 1.54) is 39.3 Å². The molecular weight excluding hydrogens is 524 g/mol. The van der Waals surface area contributed by atoms with E-state index in [2.05, 4.69) is 104 Å². The second kappa shape index (κ2) is 10.9. The first-order chi connectivity index (χ1) is 19.8. The molecule has 41 heavy (non-hydrogen) atoms. The van der Waals surface area contributed by atoms with Gasteiger partial charge in [0.15, 0.2) is 5.11 Å². The normalized spacial score (nSPS) is 16.6. The fourth-order valence-corrected chi connectivity index (χ4v) is 6.28. The van der Waals surface area contributed by atoms with Crippen molar-refractivity contribution in [3.63, 3.8) is 0 Å². The van der Waals surface area contributed by atoms with Crippen molar-refractivity contribution >= 4 is 23.0 Å². The van der Waals surface area contributed by atoms with Crippen LogP contribution in [-0.4, -0.2) is 14.7 Å². The number of aromatic nitrogens is 2. The number of benzene rings is 3. The molecular formula is C35H34N4OS. The Morgan fingerprint density at radius 1 is 0.732 bits per heavy atom. The van der Waals surface area contributed by atoms with E-state index < -0.39 is 0 Å². The van der Waals surface area contributed by atoms with Gasteiger partial charge in [0.1, 0.15) is 11.5 Å². The highest BCUT2D eigenvalue weighted by atomic mass is 32.1. The highest BCUT2D eigenvalue weighted by Crippen LogP contribution is 2.44. The van der Waals surface area contributed by atoms with E-state index in [0.717, 1.165) is 22.9 Å². The first-order valence-corrected chi connectivity index (χ1v) is 14.3. The SMILES string of the molecule is Cc1ccc(Oc2ccc(N3C(=S)N[C@@H](c4ccccn4)[C@H]3c3cc(C)n(-c4cc(C)cc(C)c4)c3C)cc2)cc1. The molecule has 0 spiro atoms. The molecule has 206 valence electrons. The van der Waals surface area contributed by atoms with E-state index >= 15 is 0 Å². The zero-order valence-electron chi connectivity index (χ0n) is 24.1. The molecule has 1 fully saturated rings. The average molecular weight is 559 g/mol. The lowest BCUT2D eigenvalue weighted by molar-refractivity contribution is 0.482. The zero-order valence-corrected chi connectivity index (χ0v) is 24.9. The van der Waals surface area contributed by atoms with Crippen LogP contribution in [0.4, 0.5) is 5.69 Å². The summed E-state index contributed by atoms with van der Waals surface area (Å²) in [7, 11) is 0. The number of nitrogens with zero attached hydrogens (tertiary/aromatic N) is 3. The number of rotatable bonds is 6. The van der Waals surface area contributed by atoms with Gasteiger partial charge in [-0.3, -0.25) is 4.98 Å². The van der Waals surface area contributed by atoms with Crippen molar-refractivity contribution in [2.45, 2.75) is 46.7 Å². The van der Waals surface area contributed by atoms with Gasteiger partial charge in [-0.1, -0.05) is 29.8 Å². The van der Waals surface area contributed by atoms with E-state index in [-0.39, 0.29) is 12.1 Å². The molecule has 1 aliphatic heterocycles. The summed E-state index contributed by atoms with van der Waals surface area (Å²) in [6.45, 7) is 10.7. The molecule has 0 radical (unpaired) electrons. The van der Waals surface area contributed by atoms with Gasteiger partial charge >= 0.3 is 0 Å². The molecule has 0 amide bonds. The van der Waals surface area contributed by atoms with E-state index in [9.17, 15) is 0 Å². The molecule has 5 aromatic rings. The van der Waals surface area contributed by atoms with Gasteiger partial charge in [0.05, 0.1) is 17.8 Å². The highest BCUT2D eigenvalue weighted by molar-refractivity contribution is 7.80. The molecule has 1 saturated heterocycles. The van der Waals surface area contributed by atoms with Crippen molar-refractivity contribution in [3.05, 3.63) is 137 Å². The molecule has 2 atom stereocenters. The summed E-state index contributed by atoms with van der Waals surface area (Å²) in [5, 5.41) is 4.27. The molecule has 0 unspecified atom stereocenters. The van der Waals surface area contributed by atoms with Gasteiger partial charge in [-0.05, 0) is 130 Å². The Labute approximate surface area is 247 Å². The van der Waals surface area contributed by atoms with E-state index in [4.69, 9.17) is 21.9 Å². The van der Waals surface area contributed by atoms with E-state index in [1.54, 1.807) is 0 Å². The van der Waals surface area contributed by atoms with Crippen LogP contribution in [0.25, 0.3) is 5.69 Å². The van der Waals surface area contributed by atoms with Gasteiger partial charge in [0, 0.05) is 29.0 Å². The lowest BCUT2D eigenvalue weighted by Crippen LogP contribution is -2.29. The van der Waals surface area contributed by atoms with E-state index in [0.29, 0.717) is 5.11 Å². The summed E-state index contributed by atoms with van der Waals surface area (Å²) in [6, 6.07) is 31.1. The van der Waals surface area contributed by atoms with Gasteiger partial charge in [0.25, 0.3) is 0 Å². The number of hydrogen-bond acceptors (Lipinski definition) is 3. The fourth-order valence-electron chi connectivity index (χ4n) is 5.93. The van der Waals surface area contributed by atoms with Crippen molar-refractivity contribution in [1.82, 2.24) is 14.9 Å². The molecule has 1 N–H and O–H groups in total. The fraction of sp³-hybridized carbons (Fsp3) is 0.200. The maximum absolute atomic E-state index is 6.11. The maximum Gasteiger partial charge on any atom is 0.174 e. The number of hydrogen-bond donors (Lipinski definition) is 1. The molecule has 0 aliphatic carbocycles. The minimum Gasteiger partial charge on any atom is -0.457 e. The third-order valence-electron chi connectivity index (χ3n) is 7.72. The molecule has 0 bridgehead atoms. The second-order valence-corrected chi connectivity index (χ2v) is 11.3. The van der Waals surface area contributed by atoms with E-state index in [1.807, 2.05) is 42.6 Å². The summed E-state index contributed by atoms with van der Waals surface area (Å²) in [4.78, 5) is 6.95. The molecule has 2 aromatic heterocycles. The third-order valence-corrected chi connectivity index (χ3v) is 8.04. The van der Waals surface area contributed by atoms with Crippen molar-refractivity contribution in [3.8, 4) is 17.2 Å². The first-order valence-electron chi connectivity index (χ1n) is 13.9. The molecule has 5 nitrogen and oxygen atoms in total. The largest absolute Gasteiger partial charge is 0.457 e. The zero-order chi connectivity index (χ0) is 28.7. The maximum atomic E-state index is 6.11. The van der Waals surface area contributed by atoms with Crippen LogP contribution in [0.5, 0.6) is 11.5 Å². The third kappa shape index (κ3) is 5.23. The Morgan fingerprint density at radius 2 is 1.39 bits per heavy atom. The Hall–Kier alpha value is -4.42. The Balaban J connectivity index is 1.41. The minimum absolute atomic E-state index is 0.0906. The molecule has 6 heteroatoms. The van der Waals surface area contributed by atoms with Gasteiger partial charge in [0.2, 0.25) is 0 Å². The predicted octanol–water partition coefficient (Wildman–Crippen LogP) is 8.38. The number of pyridine rings is 1. The average Bonchev–Trinajstić information content (AvgIpc) is 3.45. The second-order valence-electron chi connectivity index (χ2n) is 10.9. The summed E-state index contributed by atoms with van der Waals surface area (Å²) in [5.74, 6) is 1.59. The van der Waals surface area contributed by atoms with Crippen LogP contribution >= 0.6 is 12.2 Å². The van der Waals surface area contributed by atoms with Crippen LogP contribution in [0.1, 0.15) is 51.4 Å². The van der Waals surface area contributed by atoms with Crippen LogP contribution in [-0.2, 0) is 0 Å². The number of anilines is 1. The quantitative estimate of drug-likeness (QED) is 0.212. The van der Waals surface area contributed by atoms with Crippen LogP contribution in [0.3, 0.4) is 0 Å². The highest BCUT2D eigenvalue weighted by Gasteiger charge is 2.42. The first kappa shape index (κ1) is 26.8. The molecule has 6 rings (SSSR count).